The molecule has 0 radical (unpaired) electrons. The number of carbonyl (C=O) groups is 1. The van der Waals surface area contributed by atoms with Crippen LogP contribution >= 0.6 is 23.2 Å². The molecule has 0 bridgehead atoms. The number of hydrogen-bond acceptors (Lipinski definition) is 3. The second kappa shape index (κ2) is 7.04. The molecule has 0 saturated heterocycles. The molecular formula is C17H15Cl2N5O. The summed E-state index contributed by atoms with van der Waals surface area (Å²) in [6.07, 6.45) is 1.64. The molecule has 0 unspecified atom stereocenters. The Balaban J connectivity index is 1.77. The molecule has 0 saturated carbocycles. The van der Waals surface area contributed by atoms with E-state index in [1.54, 1.807) is 37.5 Å². The molecule has 128 valence electrons. The van der Waals surface area contributed by atoms with Gasteiger partial charge in [-0.2, -0.15) is 0 Å². The molecule has 1 aromatic heterocycles. The predicted molar refractivity (Wildman–Crippen MR) is 102 cm³/mol. The topological polar surface area (TPSA) is 87.0 Å². The fourth-order valence-electron chi connectivity index (χ4n) is 2.27. The largest absolute Gasteiger partial charge is 0.369 e. The molecule has 0 aliphatic rings. The Bertz CT molecular complexity index is 925. The van der Waals surface area contributed by atoms with Crippen molar-refractivity contribution in [3.63, 3.8) is 0 Å². The number of urea groups is 1. The van der Waals surface area contributed by atoms with Crippen LogP contribution in [0.1, 0.15) is 0 Å². The van der Waals surface area contributed by atoms with Crippen molar-refractivity contribution in [2.75, 3.05) is 23.0 Å². The summed E-state index contributed by atoms with van der Waals surface area (Å²) >= 11 is 11.9. The Morgan fingerprint density at radius 1 is 1.20 bits per heavy atom. The maximum atomic E-state index is 12.5. The van der Waals surface area contributed by atoms with Crippen molar-refractivity contribution in [2.24, 2.45) is 0 Å². The number of amides is 2. The van der Waals surface area contributed by atoms with Crippen molar-refractivity contribution >= 4 is 46.6 Å². The summed E-state index contributed by atoms with van der Waals surface area (Å²) in [4.78, 5) is 20.8. The minimum absolute atomic E-state index is 0.306. The van der Waals surface area contributed by atoms with Crippen molar-refractivity contribution in [3.8, 4) is 11.3 Å². The predicted octanol–water partition coefficient (Wildman–Crippen LogP) is 4.63. The molecule has 1 heterocycles. The number of nitrogens with one attached hydrogen (secondary N) is 2. The quantitative estimate of drug-likeness (QED) is 0.623. The van der Waals surface area contributed by atoms with E-state index >= 15 is 0 Å². The van der Waals surface area contributed by atoms with Crippen molar-refractivity contribution < 1.29 is 4.79 Å². The number of nitrogens with two attached hydrogens (primary N) is 1. The highest BCUT2D eigenvalue weighted by Gasteiger charge is 2.13. The number of halogens is 2. The van der Waals surface area contributed by atoms with Gasteiger partial charge in [-0.15, -0.1) is 0 Å². The first-order chi connectivity index (χ1) is 11.9. The third-order valence-corrected chi connectivity index (χ3v) is 4.35. The Hall–Kier alpha value is -2.70. The number of benzene rings is 2. The van der Waals surface area contributed by atoms with E-state index in [0.717, 1.165) is 11.3 Å². The number of carbonyl (C=O) groups excluding carboxylic acids is 1. The molecule has 2 amide bonds. The average Bonchev–Trinajstić information content (AvgIpc) is 3.03. The number of nitrogens with zero attached hydrogens (tertiary/aromatic N) is 2. The van der Waals surface area contributed by atoms with Crippen molar-refractivity contribution in [3.05, 3.63) is 58.7 Å². The molecular weight excluding hydrogens is 361 g/mol. The van der Waals surface area contributed by atoms with Gasteiger partial charge in [0.2, 0.25) is 0 Å². The SMILES string of the molecule is CN(C(=O)Nc1cccc(-c2cnc(N)[nH]2)c1)c1ccc(Cl)c(Cl)c1. The van der Waals surface area contributed by atoms with E-state index in [0.29, 0.717) is 27.4 Å². The minimum atomic E-state index is -0.306. The number of anilines is 3. The monoisotopic (exact) mass is 375 g/mol. The van der Waals surface area contributed by atoms with Gasteiger partial charge in [0.1, 0.15) is 0 Å². The first-order valence-electron chi connectivity index (χ1n) is 7.35. The van der Waals surface area contributed by atoms with Crippen molar-refractivity contribution in [1.29, 1.82) is 0 Å². The van der Waals surface area contributed by atoms with Crippen LogP contribution in [0.15, 0.2) is 48.7 Å². The third-order valence-electron chi connectivity index (χ3n) is 3.62. The minimum Gasteiger partial charge on any atom is -0.369 e. The number of H-pyrrole nitrogens is 1. The zero-order chi connectivity index (χ0) is 18.0. The van der Waals surface area contributed by atoms with Crippen LogP contribution in [0.25, 0.3) is 11.3 Å². The van der Waals surface area contributed by atoms with Crippen LogP contribution in [0.5, 0.6) is 0 Å². The maximum absolute atomic E-state index is 12.5. The number of aromatic amines is 1. The van der Waals surface area contributed by atoms with Gasteiger partial charge in [-0.3, -0.25) is 4.90 Å². The van der Waals surface area contributed by atoms with Crippen LogP contribution in [0.3, 0.4) is 0 Å². The van der Waals surface area contributed by atoms with E-state index in [2.05, 4.69) is 15.3 Å². The first kappa shape index (κ1) is 17.1. The lowest BCUT2D eigenvalue weighted by Crippen LogP contribution is -2.31. The number of rotatable bonds is 3. The normalized spacial score (nSPS) is 10.5. The highest BCUT2D eigenvalue weighted by Crippen LogP contribution is 2.27. The molecule has 0 fully saturated rings. The van der Waals surface area contributed by atoms with Gasteiger partial charge in [0, 0.05) is 24.0 Å². The lowest BCUT2D eigenvalue weighted by molar-refractivity contribution is 0.258. The lowest BCUT2D eigenvalue weighted by atomic mass is 10.1. The summed E-state index contributed by atoms with van der Waals surface area (Å²) in [7, 11) is 1.65. The van der Waals surface area contributed by atoms with Gasteiger partial charge in [0.05, 0.1) is 21.9 Å². The molecule has 8 heteroatoms. The van der Waals surface area contributed by atoms with Gasteiger partial charge >= 0.3 is 6.03 Å². The van der Waals surface area contributed by atoms with Gasteiger partial charge in [-0.25, -0.2) is 9.78 Å². The summed E-state index contributed by atoms with van der Waals surface area (Å²) in [5.74, 6) is 0.337. The Morgan fingerprint density at radius 2 is 2.00 bits per heavy atom. The van der Waals surface area contributed by atoms with Crippen LogP contribution in [0.2, 0.25) is 10.0 Å². The number of hydrogen-bond donors (Lipinski definition) is 3. The van der Waals surface area contributed by atoms with Gasteiger partial charge in [-0.05, 0) is 30.3 Å². The molecule has 6 nitrogen and oxygen atoms in total. The van der Waals surface area contributed by atoms with E-state index in [-0.39, 0.29) is 6.03 Å². The standard InChI is InChI=1S/C17H15Cl2N5O/c1-24(12-5-6-13(18)14(19)8-12)17(25)22-11-4-2-3-10(7-11)15-9-21-16(20)23-15/h2-9H,1H3,(H,22,25)(H3,20,21,23). The van der Waals surface area contributed by atoms with Gasteiger partial charge in [0.15, 0.2) is 5.95 Å². The van der Waals surface area contributed by atoms with Crippen molar-refractivity contribution in [2.45, 2.75) is 0 Å². The summed E-state index contributed by atoms with van der Waals surface area (Å²) in [5.41, 5.74) is 8.50. The zero-order valence-corrected chi connectivity index (χ0v) is 14.8. The molecule has 0 aliphatic heterocycles. The Morgan fingerprint density at radius 3 is 2.68 bits per heavy atom. The molecule has 0 spiro atoms. The molecule has 25 heavy (non-hydrogen) atoms. The zero-order valence-electron chi connectivity index (χ0n) is 13.3. The van der Waals surface area contributed by atoms with Crippen LogP contribution in [0.4, 0.5) is 22.1 Å². The highest BCUT2D eigenvalue weighted by atomic mass is 35.5. The fourth-order valence-corrected chi connectivity index (χ4v) is 2.56. The summed E-state index contributed by atoms with van der Waals surface area (Å²) in [5, 5.41) is 3.66. The lowest BCUT2D eigenvalue weighted by Gasteiger charge is -2.19. The average molecular weight is 376 g/mol. The van der Waals surface area contributed by atoms with Gasteiger partial charge in [-0.1, -0.05) is 35.3 Å². The first-order valence-corrected chi connectivity index (χ1v) is 8.10. The fraction of sp³-hybridized carbons (Fsp3) is 0.0588. The second-order valence-electron chi connectivity index (χ2n) is 5.35. The van der Waals surface area contributed by atoms with Crippen LogP contribution in [0, 0.1) is 0 Å². The number of aromatic nitrogens is 2. The van der Waals surface area contributed by atoms with Gasteiger partial charge < -0.3 is 16.0 Å². The highest BCUT2D eigenvalue weighted by molar-refractivity contribution is 6.42. The van der Waals surface area contributed by atoms with Crippen LogP contribution in [-0.2, 0) is 0 Å². The number of imidazole rings is 1. The van der Waals surface area contributed by atoms with E-state index in [4.69, 9.17) is 28.9 Å². The Labute approximate surface area is 154 Å². The molecule has 0 aliphatic carbocycles. The van der Waals surface area contributed by atoms with Gasteiger partial charge in [0.25, 0.3) is 0 Å². The van der Waals surface area contributed by atoms with E-state index < -0.39 is 0 Å². The van der Waals surface area contributed by atoms with Crippen molar-refractivity contribution in [1.82, 2.24) is 9.97 Å². The van der Waals surface area contributed by atoms with E-state index in [1.807, 2.05) is 18.2 Å². The molecule has 0 atom stereocenters. The van der Waals surface area contributed by atoms with Crippen LogP contribution in [-0.4, -0.2) is 23.0 Å². The summed E-state index contributed by atoms with van der Waals surface area (Å²) in [6, 6.07) is 12.0. The maximum Gasteiger partial charge on any atom is 0.326 e. The summed E-state index contributed by atoms with van der Waals surface area (Å²) < 4.78 is 0. The molecule has 3 aromatic rings. The molecule has 2 aromatic carbocycles. The van der Waals surface area contributed by atoms with E-state index in [1.165, 1.54) is 4.90 Å². The smallest absolute Gasteiger partial charge is 0.326 e. The summed E-state index contributed by atoms with van der Waals surface area (Å²) in [6.45, 7) is 0. The molecule has 4 N–H and O–H groups in total. The Kier molecular flexibility index (Phi) is 4.83. The van der Waals surface area contributed by atoms with Crippen LogP contribution < -0.4 is 16.0 Å². The second-order valence-corrected chi connectivity index (χ2v) is 6.16. The number of nitrogen functional groups attached to an aromatic ring is 1. The molecule has 3 rings (SSSR count). The third kappa shape index (κ3) is 3.87. The van der Waals surface area contributed by atoms with E-state index in [9.17, 15) is 4.79 Å².